The van der Waals surface area contributed by atoms with Gasteiger partial charge in [-0.3, -0.25) is 0 Å². The topological polar surface area (TPSA) is 66.8 Å². The number of fused-ring (bicyclic) bond motifs is 1. The fourth-order valence-corrected chi connectivity index (χ4v) is 7.34. The highest BCUT2D eigenvalue weighted by molar-refractivity contribution is 5.83. The molecule has 7 atom stereocenters. The smallest absolute Gasteiger partial charge is 0.330 e. The number of benzene rings is 1. The second kappa shape index (κ2) is 12.8. The first kappa shape index (κ1) is 28.1. The van der Waals surface area contributed by atoms with Gasteiger partial charge in [0.1, 0.15) is 6.10 Å². The Morgan fingerprint density at radius 1 is 1.14 bits per heavy atom. The van der Waals surface area contributed by atoms with Crippen LogP contribution in [0.4, 0.5) is 0 Å². The van der Waals surface area contributed by atoms with Crippen molar-refractivity contribution in [2.45, 2.75) is 115 Å². The van der Waals surface area contributed by atoms with E-state index in [0.29, 0.717) is 17.8 Å². The van der Waals surface area contributed by atoms with Gasteiger partial charge in [-0.05, 0) is 67.8 Å². The number of hydrogen-bond donors (Lipinski definition) is 2. The van der Waals surface area contributed by atoms with Crippen molar-refractivity contribution in [2.24, 2.45) is 23.7 Å². The Bertz CT molecular complexity index is 933. The number of hydrogen-bond acceptors (Lipinski definition) is 4. The average molecular weight is 509 g/mol. The quantitative estimate of drug-likeness (QED) is 0.156. The molecule has 1 aromatic rings. The number of aliphatic hydroxyl groups is 2. The van der Waals surface area contributed by atoms with Crippen LogP contribution in [0.3, 0.4) is 0 Å². The van der Waals surface area contributed by atoms with E-state index in [1.807, 2.05) is 12.2 Å². The number of rotatable bonds is 10. The van der Waals surface area contributed by atoms with Gasteiger partial charge in [-0.15, -0.1) is 0 Å². The minimum atomic E-state index is -0.437. The molecule has 3 fully saturated rings. The first-order valence-corrected chi connectivity index (χ1v) is 14.8. The predicted octanol–water partition coefficient (Wildman–Crippen LogP) is 6.90. The first-order valence-electron chi connectivity index (χ1n) is 14.8. The van der Waals surface area contributed by atoms with Crippen LogP contribution in [0, 0.1) is 23.7 Å². The minimum absolute atomic E-state index is 0.0546. The number of allylic oxidation sites excluding steroid dienone is 1. The summed E-state index contributed by atoms with van der Waals surface area (Å²) in [5.74, 6) is 0.909. The molecule has 0 bridgehead atoms. The first-order chi connectivity index (χ1) is 17.8. The molecule has 0 unspecified atom stereocenters. The van der Waals surface area contributed by atoms with Gasteiger partial charge in [0, 0.05) is 17.9 Å². The van der Waals surface area contributed by atoms with Crippen molar-refractivity contribution in [2.75, 3.05) is 0 Å². The molecule has 3 aliphatic rings. The molecule has 4 nitrogen and oxygen atoms in total. The average Bonchev–Trinajstić information content (AvgIpc) is 3.39. The highest BCUT2D eigenvalue weighted by atomic mass is 16.5. The zero-order valence-corrected chi connectivity index (χ0v) is 23.1. The van der Waals surface area contributed by atoms with E-state index in [1.54, 1.807) is 6.08 Å². The van der Waals surface area contributed by atoms with E-state index < -0.39 is 6.10 Å². The molecule has 0 radical (unpaired) electrons. The summed E-state index contributed by atoms with van der Waals surface area (Å²) in [4.78, 5) is 13.1. The van der Waals surface area contributed by atoms with Crippen LogP contribution >= 0.6 is 0 Å². The lowest BCUT2D eigenvalue weighted by molar-refractivity contribution is -0.149. The molecule has 0 spiro atoms. The van der Waals surface area contributed by atoms with Crippen molar-refractivity contribution >= 4 is 5.97 Å². The van der Waals surface area contributed by atoms with Crippen molar-refractivity contribution in [1.29, 1.82) is 0 Å². The normalized spacial score (nSPS) is 32.1. The van der Waals surface area contributed by atoms with Crippen LogP contribution in [0.2, 0.25) is 0 Å². The van der Waals surface area contributed by atoms with E-state index in [4.69, 9.17) is 4.74 Å². The molecule has 4 heteroatoms. The third-order valence-corrected chi connectivity index (χ3v) is 9.51. The predicted molar refractivity (Wildman–Crippen MR) is 149 cm³/mol. The summed E-state index contributed by atoms with van der Waals surface area (Å²) in [7, 11) is 0. The Kier molecular flexibility index (Phi) is 9.69. The van der Waals surface area contributed by atoms with Gasteiger partial charge in [0.25, 0.3) is 0 Å². The molecule has 0 amide bonds. The molecule has 204 valence electrons. The summed E-state index contributed by atoms with van der Waals surface area (Å²) < 4.78 is 6.16. The van der Waals surface area contributed by atoms with Crippen LogP contribution in [0.25, 0.3) is 0 Å². The monoisotopic (exact) mass is 508 g/mol. The Morgan fingerprint density at radius 2 is 1.89 bits per heavy atom. The fraction of sp³-hybridized carbons (Fsp3) is 0.667. The van der Waals surface area contributed by atoms with E-state index in [-0.39, 0.29) is 29.5 Å². The van der Waals surface area contributed by atoms with Crippen molar-refractivity contribution in [3.05, 3.63) is 59.7 Å². The van der Waals surface area contributed by atoms with Gasteiger partial charge in [0.2, 0.25) is 0 Å². The summed E-state index contributed by atoms with van der Waals surface area (Å²) in [6.45, 7) is 6.74. The Morgan fingerprint density at radius 3 is 2.65 bits per heavy atom. The molecule has 0 aliphatic heterocycles. The molecule has 3 aliphatic carbocycles. The number of aliphatic hydroxyl groups excluding tert-OH is 2. The van der Waals surface area contributed by atoms with Crippen LogP contribution < -0.4 is 0 Å². The Hall–Kier alpha value is -1.91. The van der Waals surface area contributed by atoms with E-state index in [9.17, 15) is 15.0 Å². The van der Waals surface area contributed by atoms with Crippen LogP contribution in [0.5, 0.6) is 0 Å². The Labute approximate surface area is 224 Å². The third kappa shape index (κ3) is 6.95. The van der Waals surface area contributed by atoms with Gasteiger partial charge in [-0.25, -0.2) is 4.79 Å². The van der Waals surface area contributed by atoms with E-state index >= 15 is 0 Å². The number of carbonyl (C=O) groups is 1. The van der Waals surface area contributed by atoms with Gasteiger partial charge in [0.05, 0.1) is 12.2 Å². The van der Waals surface area contributed by atoms with Crippen molar-refractivity contribution in [3.8, 4) is 0 Å². The SMILES string of the molecule is CCCCC[C@H](O)/C=C/[C@@H]1[C@H]2C/C(=C/C(=O)O[C@H]3CCCC[C@@H]3C(C)(C)c3ccccc3)C[C@H]2C[C@H]1O. The lowest BCUT2D eigenvalue weighted by Crippen LogP contribution is -2.41. The van der Waals surface area contributed by atoms with E-state index in [2.05, 4.69) is 51.1 Å². The molecule has 1 aromatic carbocycles. The maximum absolute atomic E-state index is 13.1. The second-order valence-corrected chi connectivity index (χ2v) is 12.4. The molecular weight excluding hydrogens is 460 g/mol. The summed E-state index contributed by atoms with van der Waals surface area (Å²) >= 11 is 0. The summed E-state index contributed by atoms with van der Waals surface area (Å²) in [6, 6.07) is 10.6. The van der Waals surface area contributed by atoms with Crippen LogP contribution in [-0.2, 0) is 14.9 Å². The number of esters is 1. The largest absolute Gasteiger partial charge is 0.459 e. The van der Waals surface area contributed by atoms with E-state index in [1.165, 1.54) is 12.0 Å². The zero-order chi connectivity index (χ0) is 26.4. The minimum Gasteiger partial charge on any atom is -0.459 e. The van der Waals surface area contributed by atoms with Gasteiger partial charge in [-0.2, -0.15) is 0 Å². The lowest BCUT2D eigenvalue weighted by Gasteiger charge is -2.42. The number of unbranched alkanes of at least 4 members (excludes halogenated alkanes) is 2. The Balaban J connectivity index is 1.36. The van der Waals surface area contributed by atoms with Crippen molar-refractivity contribution < 1.29 is 19.7 Å². The number of ether oxygens (including phenoxy) is 1. The molecule has 0 saturated heterocycles. The zero-order valence-electron chi connectivity index (χ0n) is 23.1. The van der Waals surface area contributed by atoms with Gasteiger partial charge in [-0.1, -0.05) is 94.5 Å². The van der Waals surface area contributed by atoms with Gasteiger partial charge >= 0.3 is 5.97 Å². The molecule has 2 N–H and O–H groups in total. The van der Waals surface area contributed by atoms with E-state index in [0.717, 1.165) is 69.8 Å². The molecule has 4 rings (SSSR count). The van der Waals surface area contributed by atoms with Gasteiger partial charge in [0.15, 0.2) is 0 Å². The highest BCUT2D eigenvalue weighted by Gasteiger charge is 2.45. The molecule has 3 saturated carbocycles. The van der Waals surface area contributed by atoms with Gasteiger partial charge < -0.3 is 14.9 Å². The molecule has 0 aromatic heterocycles. The van der Waals surface area contributed by atoms with Crippen molar-refractivity contribution in [1.82, 2.24) is 0 Å². The fourth-order valence-electron chi connectivity index (χ4n) is 7.34. The van der Waals surface area contributed by atoms with Crippen LogP contribution in [-0.4, -0.2) is 34.5 Å². The van der Waals surface area contributed by atoms with Crippen molar-refractivity contribution in [3.63, 3.8) is 0 Å². The second-order valence-electron chi connectivity index (χ2n) is 12.4. The molecule has 37 heavy (non-hydrogen) atoms. The molecular formula is C33H48O4. The maximum Gasteiger partial charge on any atom is 0.330 e. The summed E-state index contributed by atoms with van der Waals surface area (Å²) in [6.07, 6.45) is 15.7. The lowest BCUT2D eigenvalue weighted by atomic mass is 9.66. The van der Waals surface area contributed by atoms with Crippen LogP contribution in [0.15, 0.2) is 54.1 Å². The highest BCUT2D eigenvalue weighted by Crippen LogP contribution is 2.50. The number of carbonyl (C=O) groups excluding carboxylic acids is 1. The summed E-state index contributed by atoms with van der Waals surface area (Å²) in [5, 5.41) is 21.0. The molecule has 0 heterocycles. The maximum atomic E-state index is 13.1. The standard InChI is InChI=1S/C33H48O4/c1-4-5-7-14-26(34)17-18-27-28-20-23(19-24(28)22-30(27)35)21-32(36)37-31-16-11-10-15-29(31)33(2,3)25-12-8-6-9-13-25/h6,8-9,12-13,17-18,21,24,26-31,34-35H,4-5,7,10-11,14-16,19-20,22H2,1-3H3/b18-17+,23-21+/t24-,26-,27+,28-,29-,30+,31-/m0/s1. The summed E-state index contributed by atoms with van der Waals surface area (Å²) in [5.41, 5.74) is 2.41. The van der Waals surface area contributed by atoms with Crippen LogP contribution in [0.1, 0.15) is 97.0 Å². The third-order valence-electron chi connectivity index (χ3n) is 9.51.